The molecule has 2 N–H and O–H groups in total. The summed E-state index contributed by atoms with van der Waals surface area (Å²) in [5.41, 5.74) is 2.29. The van der Waals surface area contributed by atoms with Gasteiger partial charge in [-0.15, -0.1) is 11.3 Å². The van der Waals surface area contributed by atoms with Crippen LogP contribution in [-0.4, -0.2) is 37.6 Å². The Morgan fingerprint density at radius 3 is 2.67 bits per heavy atom. The van der Waals surface area contributed by atoms with Gasteiger partial charge in [-0.2, -0.15) is 0 Å². The number of aromatic nitrogens is 5. The third kappa shape index (κ3) is 4.20. The highest BCUT2D eigenvalue weighted by Crippen LogP contribution is 2.32. The lowest BCUT2D eigenvalue weighted by Crippen LogP contribution is -2.26. The fraction of sp³-hybridized carbons (Fsp3) is 0.391. The molecule has 4 heterocycles. The molecule has 33 heavy (non-hydrogen) atoms. The molecule has 3 aromatic heterocycles. The van der Waals surface area contributed by atoms with Gasteiger partial charge in [0.25, 0.3) is 0 Å². The van der Waals surface area contributed by atoms with Gasteiger partial charge < -0.3 is 15.2 Å². The third-order valence-corrected chi connectivity index (χ3v) is 6.73. The zero-order valence-electron chi connectivity index (χ0n) is 18.7. The van der Waals surface area contributed by atoms with Crippen LogP contribution in [-0.2, 0) is 0 Å². The van der Waals surface area contributed by atoms with E-state index in [4.69, 9.17) is 0 Å². The number of benzene rings is 1. The molecule has 0 atom stereocenters. The molecule has 0 spiro atoms. The molecule has 1 aliphatic heterocycles. The van der Waals surface area contributed by atoms with Crippen molar-refractivity contribution < 1.29 is 8.78 Å². The summed E-state index contributed by atoms with van der Waals surface area (Å²) in [5, 5.41) is 9.13. The summed E-state index contributed by atoms with van der Waals surface area (Å²) in [6.45, 7) is 7.81. The second kappa shape index (κ2) is 8.75. The van der Waals surface area contributed by atoms with Crippen LogP contribution in [0.1, 0.15) is 50.2 Å². The molecule has 1 fully saturated rings. The first-order chi connectivity index (χ1) is 15.9. The van der Waals surface area contributed by atoms with Gasteiger partial charge in [0.15, 0.2) is 16.8 Å². The Morgan fingerprint density at radius 2 is 1.91 bits per heavy atom. The van der Waals surface area contributed by atoms with Crippen molar-refractivity contribution in [3.05, 3.63) is 46.9 Å². The Balaban J connectivity index is 1.47. The SMILES string of the molecule is Cc1nc2c(F)cc(-c3nc(Nc4nc(C5CCNCC5)cs4)ncc3F)cc2n1C(C)C. The van der Waals surface area contributed by atoms with Crippen LogP contribution in [0.2, 0.25) is 0 Å². The minimum Gasteiger partial charge on any atom is -0.326 e. The molecule has 10 heteroatoms. The number of thiazole rings is 1. The van der Waals surface area contributed by atoms with Gasteiger partial charge in [0, 0.05) is 22.9 Å². The molecule has 0 amide bonds. The highest BCUT2D eigenvalue weighted by molar-refractivity contribution is 7.13. The van der Waals surface area contributed by atoms with Crippen LogP contribution in [0, 0.1) is 18.6 Å². The first kappa shape index (κ1) is 21.8. The summed E-state index contributed by atoms with van der Waals surface area (Å²) < 4.78 is 31.5. The van der Waals surface area contributed by atoms with Gasteiger partial charge in [-0.1, -0.05) is 0 Å². The maximum atomic E-state index is 14.9. The average Bonchev–Trinajstić information content (AvgIpc) is 3.39. The molecule has 0 radical (unpaired) electrons. The van der Waals surface area contributed by atoms with Crippen molar-refractivity contribution in [2.24, 2.45) is 0 Å². The van der Waals surface area contributed by atoms with Gasteiger partial charge >= 0.3 is 0 Å². The van der Waals surface area contributed by atoms with E-state index in [2.05, 4.69) is 30.6 Å². The third-order valence-electron chi connectivity index (χ3n) is 5.96. The van der Waals surface area contributed by atoms with Crippen LogP contribution in [0.4, 0.5) is 19.9 Å². The maximum Gasteiger partial charge on any atom is 0.229 e. The lowest BCUT2D eigenvalue weighted by atomic mass is 9.96. The van der Waals surface area contributed by atoms with E-state index in [9.17, 15) is 8.78 Å². The Labute approximate surface area is 194 Å². The zero-order chi connectivity index (χ0) is 23.1. The van der Waals surface area contributed by atoms with Crippen molar-refractivity contribution in [2.45, 2.75) is 45.6 Å². The van der Waals surface area contributed by atoms with Crippen LogP contribution in [0.15, 0.2) is 23.7 Å². The topological polar surface area (TPSA) is 80.6 Å². The summed E-state index contributed by atoms with van der Waals surface area (Å²) in [7, 11) is 0. The number of hydrogen-bond acceptors (Lipinski definition) is 7. The van der Waals surface area contributed by atoms with E-state index in [1.165, 1.54) is 17.4 Å². The number of rotatable bonds is 5. The number of imidazole rings is 1. The first-order valence-corrected chi connectivity index (χ1v) is 11.9. The summed E-state index contributed by atoms with van der Waals surface area (Å²) >= 11 is 1.47. The highest BCUT2D eigenvalue weighted by atomic mass is 32.1. The molecule has 172 valence electrons. The number of piperidine rings is 1. The predicted octanol–water partition coefficient (Wildman–Crippen LogP) is 5.33. The summed E-state index contributed by atoms with van der Waals surface area (Å²) in [4.78, 5) is 17.4. The molecular weight excluding hydrogens is 444 g/mol. The number of halogens is 2. The molecule has 1 aromatic carbocycles. The zero-order valence-corrected chi connectivity index (χ0v) is 19.5. The second-order valence-electron chi connectivity index (χ2n) is 8.57. The van der Waals surface area contributed by atoms with E-state index in [-0.39, 0.29) is 23.2 Å². The van der Waals surface area contributed by atoms with E-state index < -0.39 is 11.6 Å². The van der Waals surface area contributed by atoms with Crippen molar-refractivity contribution in [2.75, 3.05) is 18.4 Å². The van der Waals surface area contributed by atoms with Crippen molar-refractivity contribution in [1.29, 1.82) is 0 Å². The normalized spacial score (nSPS) is 15.0. The molecule has 0 bridgehead atoms. The quantitative estimate of drug-likeness (QED) is 0.411. The van der Waals surface area contributed by atoms with E-state index in [0.29, 0.717) is 28.0 Å². The van der Waals surface area contributed by atoms with Crippen LogP contribution in [0.3, 0.4) is 0 Å². The number of fused-ring (bicyclic) bond motifs is 1. The Bertz CT molecular complexity index is 1310. The molecule has 0 aliphatic carbocycles. The smallest absolute Gasteiger partial charge is 0.229 e. The molecule has 5 rings (SSSR count). The molecular formula is C23H25F2N7S. The number of aryl methyl sites for hydroxylation is 1. The van der Waals surface area contributed by atoms with Crippen LogP contribution in [0.25, 0.3) is 22.3 Å². The summed E-state index contributed by atoms with van der Waals surface area (Å²) in [5.74, 6) is 0.221. The highest BCUT2D eigenvalue weighted by Gasteiger charge is 2.20. The monoisotopic (exact) mass is 469 g/mol. The second-order valence-corrected chi connectivity index (χ2v) is 9.42. The van der Waals surface area contributed by atoms with Crippen molar-refractivity contribution >= 4 is 33.5 Å². The number of nitrogens with zero attached hydrogens (tertiary/aromatic N) is 5. The molecule has 0 saturated carbocycles. The van der Waals surface area contributed by atoms with E-state index >= 15 is 0 Å². The van der Waals surface area contributed by atoms with E-state index in [0.717, 1.165) is 37.8 Å². The van der Waals surface area contributed by atoms with Crippen molar-refractivity contribution in [1.82, 2.24) is 29.8 Å². The Kier molecular flexibility index (Phi) is 5.79. The van der Waals surface area contributed by atoms with Gasteiger partial charge in [-0.25, -0.2) is 28.7 Å². The number of nitrogens with one attached hydrogen (secondary N) is 2. The van der Waals surface area contributed by atoms with Gasteiger partial charge in [0.2, 0.25) is 5.95 Å². The van der Waals surface area contributed by atoms with E-state index in [1.54, 1.807) is 6.07 Å². The van der Waals surface area contributed by atoms with Gasteiger partial charge in [0.1, 0.15) is 17.0 Å². The lowest BCUT2D eigenvalue weighted by molar-refractivity contribution is 0.455. The first-order valence-electron chi connectivity index (χ1n) is 11.0. The maximum absolute atomic E-state index is 14.9. The van der Waals surface area contributed by atoms with Crippen molar-refractivity contribution in [3.8, 4) is 11.3 Å². The van der Waals surface area contributed by atoms with Gasteiger partial charge in [-0.3, -0.25) is 0 Å². The predicted molar refractivity (Wildman–Crippen MR) is 126 cm³/mol. The standard InChI is InChI=1S/C23H25F2N7S/c1-12(2)32-13(3)28-21-16(24)8-15(9-19(21)32)20-17(25)10-27-22(30-20)31-23-29-18(11-33-23)14-4-6-26-7-5-14/h8-12,14,26H,4-7H2,1-3H3,(H,27,29,30,31). The van der Waals surface area contributed by atoms with E-state index in [1.807, 2.05) is 30.7 Å². The molecule has 0 unspecified atom stereocenters. The van der Waals surface area contributed by atoms with Crippen LogP contribution in [0.5, 0.6) is 0 Å². The number of anilines is 2. The van der Waals surface area contributed by atoms with Gasteiger partial charge in [0.05, 0.1) is 17.4 Å². The summed E-state index contributed by atoms with van der Waals surface area (Å²) in [6, 6.07) is 3.08. The number of hydrogen-bond donors (Lipinski definition) is 2. The lowest BCUT2D eigenvalue weighted by Gasteiger charge is -2.20. The fourth-order valence-corrected chi connectivity index (χ4v) is 5.22. The van der Waals surface area contributed by atoms with Gasteiger partial charge in [-0.05, 0) is 58.8 Å². The summed E-state index contributed by atoms with van der Waals surface area (Å²) in [6.07, 6.45) is 3.21. The fourth-order valence-electron chi connectivity index (χ4n) is 4.43. The molecule has 7 nitrogen and oxygen atoms in total. The van der Waals surface area contributed by atoms with Crippen molar-refractivity contribution in [3.63, 3.8) is 0 Å². The Hall–Kier alpha value is -2.98. The molecule has 1 saturated heterocycles. The van der Waals surface area contributed by atoms with Crippen LogP contribution < -0.4 is 10.6 Å². The largest absolute Gasteiger partial charge is 0.326 e. The minimum absolute atomic E-state index is 0.0255. The average molecular weight is 470 g/mol. The van der Waals surface area contributed by atoms with Crippen LogP contribution >= 0.6 is 11.3 Å². The molecule has 1 aliphatic rings. The minimum atomic E-state index is -0.624. The molecule has 4 aromatic rings. The Morgan fingerprint density at radius 1 is 1.12 bits per heavy atom.